The Labute approximate surface area is 167 Å². The lowest BCUT2D eigenvalue weighted by atomic mass is 9.83. The molecule has 5 atom stereocenters. The van der Waals surface area contributed by atoms with Gasteiger partial charge in [-0.25, -0.2) is 0 Å². The Morgan fingerprint density at radius 3 is 2.69 bits per heavy atom. The summed E-state index contributed by atoms with van der Waals surface area (Å²) in [6.07, 6.45) is 7.36. The predicted molar refractivity (Wildman–Crippen MR) is 107 cm³/mol. The second-order valence-electron chi connectivity index (χ2n) is 7.71. The molecule has 1 saturated heterocycles. The molecule has 1 amide bonds. The lowest BCUT2D eigenvalue weighted by Crippen LogP contribution is -2.53. The second kappa shape index (κ2) is 8.72. The van der Waals surface area contributed by atoms with Crippen LogP contribution in [-0.4, -0.2) is 53.2 Å². The molecule has 2 aliphatic carbocycles. The standard InChI is InChI=1S/C18H27N5O.2ClH/c1-22(18(24)16-12-6-7-13(10-12)17(16)19)14-4-3-9-23(11-14)15-5-2-8-20-21-15;;/h2,5,8,12-14,16-17H,3-4,6-7,9-11,19H2,1H3;2*1H. The lowest BCUT2D eigenvalue weighted by molar-refractivity contribution is -0.138. The van der Waals surface area contributed by atoms with E-state index in [9.17, 15) is 4.79 Å². The van der Waals surface area contributed by atoms with Crippen LogP contribution in [0.5, 0.6) is 0 Å². The Morgan fingerprint density at radius 2 is 2.04 bits per heavy atom. The van der Waals surface area contributed by atoms with E-state index in [0.29, 0.717) is 11.8 Å². The normalized spacial score (nSPS) is 32.5. The van der Waals surface area contributed by atoms with Gasteiger partial charge in [0.25, 0.3) is 0 Å². The van der Waals surface area contributed by atoms with E-state index in [2.05, 4.69) is 15.1 Å². The van der Waals surface area contributed by atoms with Crippen LogP contribution in [-0.2, 0) is 4.79 Å². The fraction of sp³-hybridized carbons (Fsp3) is 0.722. The minimum atomic E-state index is 0. The number of aromatic nitrogens is 2. The number of likely N-dealkylation sites (N-methyl/N-ethyl adjacent to an activating group) is 1. The molecular formula is C18H29Cl2N5O. The average Bonchev–Trinajstić information content (AvgIpc) is 3.22. The van der Waals surface area contributed by atoms with Crippen LogP contribution >= 0.6 is 24.8 Å². The maximum atomic E-state index is 13.1. The molecule has 1 aromatic rings. The number of halogens is 2. The summed E-state index contributed by atoms with van der Waals surface area (Å²) in [4.78, 5) is 17.3. The molecule has 6 nitrogen and oxygen atoms in total. The number of hydrogen-bond donors (Lipinski definition) is 1. The summed E-state index contributed by atoms with van der Waals surface area (Å²) in [6.45, 7) is 1.81. The number of fused-ring (bicyclic) bond motifs is 2. The van der Waals surface area contributed by atoms with Crippen molar-refractivity contribution in [2.24, 2.45) is 23.5 Å². The van der Waals surface area contributed by atoms with Crippen LogP contribution in [0.1, 0.15) is 32.1 Å². The van der Waals surface area contributed by atoms with Crippen LogP contribution in [0.4, 0.5) is 5.82 Å². The zero-order valence-corrected chi connectivity index (χ0v) is 16.8. The highest BCUT2D eigenvalue weighted by atomic mass is 35.5. The Hall–Kier alpha value is -1.11. The molecule has 5 unspecified atom stereocenters. The number of rotatable bonds is 3. The van der Waals surface area contributed by atoms with Gasteiger partial charge in [0.15, 0.2) is 5.82 Å². The second-order valence-corrected chi connectivity index (χ2v) is 7.71. The minimum Gasteiger partial charge on any atom is -0.353 e. The molecule has 0 radical (unpaired) electrons. The summed E-state index contributed by atoms with van der Waals surface area (Å²) in [5.74, 6) is 2.29. The molecule has 8 heteroatoms. The van der Waals surface area contributed by atoms with Gasteiger partial charge in [-0.1, -0.05) is 0 Å². The molecule has 2 saturated carbocycles. The van der Waals surface area contributed by atoms with Gasteiger partial charge in [0.05, 0.1) is 5.92 Å². The van der Waals surface area contributed by atoms with Crippen LogP contribution < -0.4 is 10.6 Å². The number of carbonyl (C=O) groups is 1. The zero-order chi connectivity index (χ0) is 16.7. The highest BCUT2D eigenvalue weighted by Crippen LogP contribution is 2.48. The van der Waals surface area contributed by atoms with Crippen molar-refractivity contribution in [3.63, 3.8) is 0 Å². The fourth-order valence-electron chi connectivity index (χ4n) is 5.06. The quantitative estimate of drug-likeness (QED) is 0.838. The van der Waals surface area contributed by atoms with E-state index in [1.807, 2.05) is 24.1 Å². The van der Waals surface area contributed by atoms with Gasteiger partial charge in [-0.2, -0.15) is 5.10 Å². The molecule has 2 heterocycles. The van der Waals surface area contributed by atoms with Gasteiger partial charge in [0, 0.05) is 38.4 Å². The number of hydrogen-bond acceptors (Lipinski definition) is 5. The van der Waals surface area contributed by atoms with E-state index < -0.39 is 0 Å². The van der Waals surface area contributed by atoms with Gasteiger partial charge in [-0.3, -0.25) is 4.79 Å². The minimum absolute atomic E-state index is 0. The summed E-state index contributed by atoms with van der Waals surface area (Å²) in [7, 11) is 1.96. The monoisotopic (exact) mass is 401 g/mol. The molecule has 26 heavy (non-hydrogen) atoms. The number of piperidine rings is 1. The number of nitrogens with zero attached hydrogens (tertiary/aromatic N) is 4. The molecule has 2 N–H and O–H groups in total. The Bertz CT molecular complexity index is 603. The summed E-state index contributed by atoms with van der Waals surface area (Å²) in [5.41, 5.74) is 6.37. The van der Waals surface area contributed by atoms with E-state index >= 15 is 0 Å². The number of nitrogens with two attached hydrogens (primary N) is 1. The van der Waals surface area contributed by atoms with Crippen LogP contribution in [0.3, 0.4) is 0 Å². The third-order valence-corrected chi connectivity index (χ3v) is 6.44. The third-order valence-electron chi connectivity index (χ3n) is 6.44. The SMILES string of the molecule is CN(C(=O)C1C2CCC(C2)C1N)C1CCCN(c2cccnn2)C1.Cl.Cl. The molecule has 1 aliphatic heterocycles. The van der Waals surface area contributed by atoms with Crippen molar-refractivity contribution in [2.45, 2.75) is 44.2 Å². The largest absolute Gasteiger partial charge is 0.353 e. The van der Waals surface area contributed by atoms with E-state index in [1.54, 1.807) is 6.20 Å². The van der Waals surface area contributed by atoms with Gasteiger partial charge in [-0.05, 0) is 56.1 Å². The highest BCUT2D eigenvalue weighted by molar-refractivity contribution is 5.85. The van der Waals surface area contributed by atoms with Gasteiger partial charge in [0.2, 0.25) is 5.91 Å². The van der Waals surface area contributed by atoms with Gasteiger partial charge in [0.1, 0.15) is 0 Å². The molecule has 0 aromatic carbocycles. The summed E-state index contributed by atoms with van der Waals surface area (Å²) < 4.78 is 0. The number of amides is 1. The molecule has 2 bridgehead atoms. The molecule has 146 valence electrons. The maximum absolute atomic E-state index is 13.1. The summed E-state index contributed by atoms with van der Waals surface area (Å²) in [6, 6.07) is 4.20. The van der Waals surface area contributed by atoms with Crippen molar-refractivity contribution in [1.82, 2.24) is 15.1 Å². The molecular weight excluding hydrogens is 373 g/mol. The van der Waals surface area contributed by atoms with Crippen molar-refractivity contribution < 1.29 is 4.79 Å². The molecule has 1 aromatic heterocycles. The first kappa shape index (κ1) is 21.2. The van der Waals surface area contributed by atoms with Crippen LogP contribution in [0.25, 0.3) is 0 Å². The van der Waals surface area contributed by atoms with Crippen molar-refractivity contribution in [3.05, 3.63) is 18.3 Å². The predicted octanol–water partition coefficient (Wildman–Crippen LogP) is 2.12. The Balaban J connectivity index is 0.00000121. The van der Waals surface area contributed by atoms with Crippen LogP contribution in [0.2, 0.25) is 0 Å². The van der Waals surface area contributed by atoms with E-state index in [0.717, 1.165) is 38.2 Å². The van der Waals surface area contributed by atoms with Crippen molar-refractivity contribution in [1.29, 1.82) is 0 Å². The first-order chi connectivity index (χ1) is 11.6. The van der Waals surface area contributed by atoms with Crippen molar-refractivity contribution in [2.75, 3.05) is 25.0 Å². The average molecular weight is 402 g/mol. The Kier molecular flexibility index (Phi) is 7.11. The van der Waals surface area contributed by atoms with Crippen LogP contribution in [0, 0.1) is 17.8 Å². The van der Waals surface area contributed by atoms with Crippen LogP contribution in [0.15, 0.2) is 18.3 Å². The number of carbonyl (C=O) groups excluding carboxylic acids is 1. The topological polar surface area (TPSA) is 75.3 Å². The smallest absolute Gasteiger partial charge is 0.227 e. The summed E-state index contributed by atoms with van der Waals surface area (Å²) >= 11 is 0. The first-order valence-electron chi connectivity index (χ1n) is 9.20. The van der Waals surface area contributed by atoms with E-state index in [-0.39, 0.29) is 48.7 Å². The van der Waals surface area contributed by atoms with Crippen molar-refractivity contribution >= 4 is 36.5 Å². The van der Waals surface area contributed by atoms with E-state index in [1.165, 1.54) is 12.8 Å². The maximum Gasteiger partial charge on any atom is 0.227 e. The number of anilines is 1. The Morgan fingerprint density at radius 1 is 1.27 bits per heavy atom. The molecule has 3 aliphatic rings. The van der Waals surface area contributed by atoms with Crippen molar-refractivity contribution in [3.8, 4) is 0 Å². The van der Waals surface area contributed by atoms with Gasteiger partial charge >= 0.3 is 0 Å². The van der Waals surface area contributed by atoms with Gasteiger partial charge < -0.3 is 15.5 Å². The summed E-state index contributed by atoms with van der Waals surface area (Å²) in [5, 5.41) is 8.19. The van der Waals surface area contributed by atoms with E-state index in [4.69, 9.17) is 5.73 Å². The molecule has 0 spiro atoms. The molecule has 4 rings (SSSR count). The zero-order valence-electron chi connectivity index (χ0n) is 15.2. The first-order valence-corrected chi connectivity index (χ1v) is 9.20. The molecule has 3 fully saturated rings. The van der Waals surface area contributed by atoms with Gasteiger partial charge in [-0.15, -0.1) is 29.9 Å². The third kappa shape index (κ3) is 3.78. The highest BCUT2D eigenvalue weighted by Gasteiger charge is 2.50. The fourth-order valence-corrected chi connectivity index (χ4v) is 5.06. The lowest BCUT2D eigenvalue weighted by Gasteiger charge is -2.40.